The Morgan fingerprint density at radius 1 is 1.43 bits per heavy atom. The minimum Gasteiger partial charge on any atom is -0.338 e. The molecule has 3 nitrogen and oxygen atoms in total. The van der Waals surface area contributed by atoms with Gasteiger partial charge in [0.2, 0.25) is 5.91 Å². The number of carbonyl (C=O) groups is 1. The van der Waals surface area contributed by atoms with Crippen LogP contribution < -0.4 is 5.73 Å². The lowest BCUT2D eigenvalue weighted by atomic mass is 9.89. The summed E-state index contributed by atoms with van der Waals surface area (Å²) in [6.45, 7) is 3.66. The minimum absolute atomic E-state index is 0. The number of amides is 1. The van der Waals surface area contributed by atoms with Crippen molar-refractivity contribution in [3.63, 3.8) is 0 Å². The van der Waals surface area contributed by atoms with Gasteiger partial charge in [0, 0.05) is 29.8 Å². The van der Waals surface area contributed by atoms with Crippen molar-refractivity contribution in [2.75, 3.05) is 18.8 Å². The third-order valence-corrected chi connectivity index (χ3v) is 5.82. The van der Waals surface area contributed by atoms with Crippen LogP contribution >= 0.6 is 24.2 Å². The van der Waals surface area contributed by atoms with Crippen molar-refractivity contribution in [2.24, 2.45) is 11.7 Å². The Bertz CT molecular complexity index is 511. The van der Waals surface area contributed by atoms with Crippen molar-refractivity contribution in [2.45, 2.75) is 36.6 Å². The molecule has 5 heteroatoms. The highest BCUT2D eigenvalue weighted by Crippen LogP contribution is 2.41. The van der Waals surface area contributed by atoms with Crippen molar-refractivity contribution in [1.29, 1.82) is 0 Å². The van der Waals surface area contributed by atoms with Gasteiger partial charge in [-0.15, -0.1) is 24.2 Å². The van der Waals surface area contributed by atoms with E-state index in [1.165, 1.54) is 16.9 Å². The van der Waals surface area contributed by atoms with Crippen LogP contribution in [0, 0.1) is 5.92 Å². The number of rotatable bonds is 2. The maximum atomic E-state index is 12.9. The van der Waals surface area contributed by atoms with E-state index in [9.17, 15) is 4.79 Å². The summed E-state index contributed by atoms with van der Waals surface area (Å²) in [5, 5.41) is 0. The van der Waals surface area contributed by atoms with Gasteiger partial charge in [-0.05, 0) is 30.4 Å². The second-order valence-electron chi connectivity index (χ2n) is 5.86. The lowest BCUT2D eigenvalue weighted by molar-refractivity contribution is -0.137. The summed E-state index contributed by atoms with van der Waals surface area (Å²) >= 11 is 1.80. The first kappa shape index (κ1) is 16.7. The fraction of sp³-hybridized carbons (Fsp3) is 0.562. The van der Waals surface area contributed by atoms with Crippen LogP contribution in [-0.4, -0.2) is 35.7 Å². The molecular weight excluding hydrogens is 304 g/mol. The summed E-state index contributed by atoms with van der Waals surface area (Å²) in [6.07, 6.45) is 2.28. The molecule has 1 fully saturated rings. The Hall–Kier alpha value is -0.710. The van der Waals surface area contributed by atoms with Crippen LogP contribution in [0.2, 0.25) is 0 Å². The van der Waals surface area contributed by atoms with E-state index in [0.717, 1.165) is 18.7 Å². The van der Waals surface area contributed by atoms with E-state index < -0.39 is 0 Å². The van der Waals surface area contributed by atoms with Crippen molar-refractivity contribution >= 4 is 30.1 Å². The van der Waals surface area contributed by atoms with Gasteiger partial charge in [0.25, 0.3) is 0 Å². The number of benzene rings is 1. The molecule has 2 N–H and O–H groups in total. The third kappa shape index (κ3) is 3.08. The molecule has 3 atom stereocenters. The van der Waals surface area contributed by atoms with Gasteiger partial charge in [-0.3, -0.25) is 4.79 Å². The molecule has 1 aromatic carbocycles. The molecule has 3 rings (SSSR count). The summed E-state index contributed by atoms with van der Waals surface area (Å²) in [6, 6.07) is 8.51. The molecule has 1 saturated heterocycles. The predicted octanol–water partition coefficient (Wildman–Crippen LogP) is 2.88. The van der Waals surface area contributed by atoms with Gasteiger partial charge < -0.3 is 10.6 Å². The molecule has 0 spiro atoms. The summed E-state index contributed by atoms with van der Waals surface area (Å²) in [4.78, 5) is 16.3. The van der Waals surface area contributed by atoms with E-state index in [0.29, 0.717) is 12.5 Å². The van der Waals surface area contributed by atoms with Crippen LogP contribution in [0.5, 0.6) is 0 Å². The lowest BCUT2D eigenvalue weighted by Gasteiger charge is -2.40. The molecule has 0 bridgehead atoms. The van der Waals surface area contributed by atoms with E-state index >= 15 is 0 Å². The van der Waals surface area contributed by atoms with E-state index in [-0.39, 0.29) is 30.3 Å². The predicted molar refractivity (Wildman–Crippen MR) is 90.1 cm³/mol. The number of thioether (sulfide) groups is 1. The maximum Gasteiger partial charge on any atom is 0.231 e. The van der Waals surface area contributed by atoms with Crippen LogP contribution in [0.25, 0.3) is 0 Å². The monoisotopic (exact) mass is 326 g/mol. The first-order valence-electron chi connectivity index (χ1n) is 7.44. The number of carbonyl (C=O) groups excluding carboxylic acids is 1. The van der Waals surface area contributed by atoms with Crippen LogP contribution in [0.15, 0.2) is 29.2 Å². The molecule has 2 aliphatic heterocycles. The highest BCUT2D eigenvalue weighted by molar-refractivity contribution is 7.99. The van der Waals surface area contributed by atoms with Crippen molar-refractivity contribution < 1.29 is 4.79 Å². The Morgan fingerprint density at radius 2 is 2.19 bits per heavy atom. The number of nitrogens with two attached hydrogens (primary N) is 1. The molecule has 0 aliphatic carbocycles. The molecule has 2 aliphatic rings. The van der Waals surface area contributed by atoms with Crippen molar-refractivity contribution in [3.05, 3.63) is 29.8 Å². The number of hydrogen-bond acceptors (Lipinski definition) is 3. The van der Waals surface area contributed by atoms with Gasteiger partial charge in [0.05, 0.1) is 5.92 Å². The Balaban J connectivity index is 0.00000161. The van der Waals surface area contributed by atoms with E-state index in [4.69, 9.17) is 5.73 Å². The first-order valence-corrected chi connectivity index (χ1v) is 8.43. The average Bonchev–Trinajstić information content (AvgIpc) is 2.90. The molecular formula is C16H23ClN2OS. The zero-order valence-electron chi connectivity index (χ0n) is 12.3. The number of likely N-dealkylation sites (tertiary alicyclic amines) is 1. The van der Waals surface area contributed by atoms with Gasteiger partial charge in [0.15, 0.2) is 0 Å². The topological polar surface area (TPSA) is 46.3 Å². The highest BCUT2D eigenvalue weighted by atomic mass is 35.5. The van der Waals surface area contributed by atoms with Gasteiger partial charge in [-0.1, -0.05) is 25.1 Å². The number of hydrogen-bond donors (Lipinski definition) is 1. The standard InChI is InChI=1S/C16H22N2OS.ClH/c1-11-5-4-8-18(14(11)9-17)16(19)13-10-20-15-7-3-2-6-12(13)15;/h2-3,6-7,11,13-14H,4-5,8-10,17H2,1H3;1H. The number of fused-ring (bicyclic) bond motifs is 1. The summed E-state index contributed by atoms with van der Waals surface area (Å²) in [5.41, 5.74) is 7.12. The van der Waals surface area contributed by atoms with Crippen LogP contribution in [0.4, 0.5) is 0 Å². The fourth-order valence-corrected chi connectivity index (χ4v) is 4.67. The SMILES string of the molecule is CC1CCCN(C(=O)C2CSc3ccccc32)C1CN.Cl. The number of halogens is 1. The Kier molecular flexibility index (Phi) is 5.58. The van der Waals surface area contributed by atoms with E-state index in [1.54, 1.807) is 11.8 Å². The molecule has 21 heavy (non-hydrogen) atoms. The quantitative estimate of drug-likeness (QED) is 0.909. The third-order valence-electron chi connectivity index (χ3n) is 4.64. The fourth-order valence-electron chi connectivity index (χ4n) is 3.45. The molecule has 0 saturated carbocycles. The summed E-state index contributed by atoms with van der Waals surface area (Å²) in [5.74, 6) is 1.70. The van der Waals surface area contributed by atoms with Gasteiger partial charge in [-0.25, -0.2) is 0 Å². The van der Waals surface area contributed by atoms with E-state index in [2.05, 4.69) is 24.0 Å². The van der Waals surface area contributed by atoms with Gasteiger partial charge in [-0.2, -0.15) is 0 Å². The zero-order chi connectivity index (χ0) is 14.1. The Labute approximate surface area is 137 Å². The molecule has 3 unspecified atom stereocenters. The molecule has 1 amide bonds. The van der Waals surface area contributed by atoms with E-state index in [1.807, 2.05) is 12.1 Å². The first-order chi connectivity index (χ1) is 9.72. The molecule has 0 aromatic heterocycles. The maximum absolute atomic E-state index is 12.9. The molecule has 0 radical (unpaired) electrons. The average molecular weight is 327 g/mol. The normalized spacial score (nSPS) is 27.9. The smallest absolute Gasteiger partial charge is 0.231 e. The highest BCUT2D eigenvalue weighted by Gasteiger charge is 2.37. The van der Waals surface area contributed by atoms with Crippen molar-refractivity contribution in [3.8, 4) is 0 Å². The van der Waals surface area contributed by atoms with Crippen LogP contribution in [0.1, 0.15) is 31.2 Å². The minimum atomic E-state index is 0. The lowest BCUT2D eigenvalue weighted by Crippen LogP contribution is -2.52. The summed E-state index contributed by atoms with van der Waals surface area (Å²) in [7, 11) is 0. The molecule has 2 heterocycles. The number of nitrogens with zero attached hydrogens (tertiary/aromatic N) is 1. The second kappa shape index (κ2) is 7.03. The van der Waals surface area contributed by atoms with Gasteiger partial charge >= 0.3 is 0 Å². The number of piperidine rings is 1. The second-order valence-corrected chi connectivity index (χ2v) is 6.92. The van der Waals surface area contributed by atoms with Crippen molar-refractivity contribution in [1.82, 2.24) is 4.90 Å². The molecule has 116 valence electrons. The van der Waals surface area contributed by atoms with Crippen LogP contribution in [0.3, 0.4) is 0 Å². The van der Waals surface area contributed by atoms with Crippen LogP contribution in [-0.2, 0) is 4.79 Å². The Morgan fingerprint density at radius 3 is 2.95 bits per heavy atom. The molecule has 1 aromatic rings. The zero-order valence-corrected chi connectivity index (χ0v) is 14.0. The summed E-state index contributed by atoms with van der Waals surface area (Å²) < 4.78 is 0. The van der Waals surface area contributed by atoms with Gasteiger partial charge in [0.1, 0.15) is 0 Å². The largest absolute Gasteiger partial charge is 0.338 e.